The molecule has 2 aromatic carbocycles. The van der Waals surface area contributed by atoms with Gasteiger partial charge in [0.25, 0.3) is 0 Å². The normalized spacial score (nSPS) is 18.9. The van der Waals surface area contributed by atoms with Crippen LogP contribution >= 0.6 is 0 Å². The summed E-state index contributed by atoms with van der Waals surface area (Å²) in [5.41, 5.74) is 6.64. The molecule has 1 heterocycles. The fraction of sp³-hybridized carbons (Fsp3) is 0.263. The Hall–Kier alpha value is -2.77. The predicted molar refractivity (Wildman–Crippen MR) is 94.7 cm³/mol. The summed E-state index contributed by atoms with van der Waals surface area (Å²) in [6.07, 6.45) is -0.756. The van der Waals surface area contributed by atoms with Gasteiger partial charge in [0.2, 0.25) is 11.8 Å². The standard InChI is InChI=1S/C19H20FN3O3/c20-14-6-8-15(9-7-14)22-19(25)17(13-4-2-1-3-5-13)23-10-11-26-16(12-23)18(21)24/h1-9,16-17H,10-12H2,(H2,21,24)(H,22,25)/t16-,17-/m0/s1. The van der Waals surface area contributed by atoms with Crippen molar-refractivity contribution >= 4 is 17.5 Å². The molecule has 3 N–H and O–H groups in total. The van der Waals surface area contributed by atoms with E-state index >= 15 is 0 Å². The summed E-state index contributed by atoms with van der Waals surface area (Å²) in [6, 6.07) is 14.2. The molecule has 1 fully saturated rings. The second-order valence-electron chi connectivity index (χ2n) is 6.07. The van der Waals surface area contributed by atoms with E-state index in [-0.39, 0.29) is 18.3 Å². The molecule has 2 atom stereocenters. The van der Waals surface area contributed by atoms with Gasteiger partial charge in [0.1, 0.15) is 18.0 Å². The van der Waals surface area contributed by atoms with Gasteiger partial charge in [-0.05, 0) is 29.8 Å². The summed E-state index contributed by atoms with van der Waals surface area (Å²) in [5, 5.41) is 2.80. The summed E-state index contributed by atoms with van der Waals surface area (Å²) < 4.78 is 18.5. The third-order valence-corrected chi connectivity index (χ3v) is 4.26. The van der Waals surface area contributed by atoms with E-state index in [1.165, 1.54) is 24.3 Å². The number of nitrogens with two attached hydrogens (primary N) is 1. The molecule has 6 nitrogen and oxygen atoms in total. The molecule has 0 aliphatic carbocycles. The molecule has 1 saturated heterocycles. The van der Waals surface area contributed by atoms with Crippen LogP contribution in [-0.4, -0.2) is 42.5 Å². The number of carbonyl (C=O) groups is 2. The van der Waals surface area contributed by atoms with Crippen LogP contribution in [-0.2, 0) is 14.3 Å². The minimum absolute atomic E-state index is 0.228. The fourth-order valence-corrected chi connectivity index (χ4v) is 2.98. The van der Waals surface area contributed by atoms with Crippen molar-refractivity contribution in [2.24, 2.45) is 5.73 Å². The number of rotatable bonds is 5. The van der Waals surface area contributed by atoms with E-state index in [4.69, 9.17) is 10.5 Å². The maximum absolute atomic E-state index is 13.1. The Labute approximate surface area is 150 Å². The SMILES string of the molecule is NC(=O)[C@@H]1CN([C@H](C(=O)Nc2ccc(F)cc2)c2ccccc2)CCO1. The van der Waals surface area contributed by atoms with Gasteiger partial charge in [0.05, 0.1) is 6.61 Å². The fourth-order valence-electron chi connectivity index (χ4n) is 2.98. The Kier molecular flexibility index (Phi) is 5.60. The molecule has 0 aromatic heterocycles. The van der Waals surface area contributed by atoms with Crippen LogP contribution in [0.25, 0.3) is 0 Å². The van der Waals surface area contributed by atoms with Crippen LogP contribution in [0.5, 0.6) is 0 Å². The molecular weight excluding hydrogens is 337 g/mol. The number of morpholine rings is 1. The molecule has 1 aliphatic rings. The Morgan fingerprint density at radius 3 is 2.50 bits per heavy atom. The van der Waals surface area contributed by atoms with Crippen LogP contribution in [0.4, 0.5) is 10.1 Å². The first-order valence-electron chi connectivity index (χ1n) is 8.31. The maximum Gasteiger partial charge on any atom is 0.247 e. The largest absolute Gasteiger partial charge is 0.367 e. The first kappa shape index (κ1) is 18.0. The van der Waals surface area contributed by atoms with E-state index in [1.807, 2.05) is 35.2 Å². The van der Waals surface area contributed by atoms with Crippen LogP contribution in [0.2, 0.25) is 0 Å². The summed E-state index contributed by atoms with van der Waals surface area (Å²) in [6.45, 7) is 1.02. The van der Waals surface area contributed by atoms with Crippen molar-refractivity contribution in [1.29, 1.82) is 0 Å². The van der Waals surface area contributed by atoms with E-state index in [1.54, 1.807) is 0 Å². The zero-order valence-corrected chi connectivity index (χ0v) is 14.1. The Morgan fingerprint density at radius 2 is 1.85 bits per heavy atom. The monoisotopic (exact) mass is 357 g/mol. The zero-order valence-electron chi connectivity index (χ0n) is 14.1. The van der Waals surface area contributed by atoms with E-state index in [2.05, 4.69) is 5.32 Å². The van der Waals surface area contributed by atoms with Crippen molar-refractivity contribution in [3.8, 4) is 0 Å². The number of anilines is 1. The van der Waals surface area contributed by atoms with E-state index < -0.39 is 18.1 Å². The minimum Gasteiger partial charge on any atom is -0.367 e. The second kappa shape index (κ2) is 8.07. The third-order valence-electron chi connectivity index (χ3n) is 4.26. The lowest BCUT2D eigenvalue weighted by atomic mass is 10.0. The van der Waals surface area contributed by atoms with Crippen molar-refractivity contribution in [2.45, 2.75) is 12.1 Å². The number of benzene rings is 2. The molecule has 2 amide bonds. The minimum atomic E-state index is -0.756. The third kappa shape index (κ3) is 4.25. The Bertz CT molecular complexity index is 767. The van der Waals surface area contributed by atoms with Crippen molar-refractivity contribution in [2.75, 3.05) is 25.0 Å². The lowest BCUT2D eigenvalue weighted by Gasteiger charge is -2.36. The number of halogens is 1. The van der Waals surface area contributed by atoms with E-state index in [0.29, 0.717) is 18.8 Å². The number of hydrogen-bond acceptors (Lipinski definition) is 4. The molecule has 26 heavy (non-hydrogen) atoms. The molecule has 0 unspecified atom stereocenters. The number of hydrogen-bond donors (Lipinski definition) is 2. The van der Waals surface area contributed by atoms with Crippen LogP contribution in [0, 0.1) is 5.82 Å². The summed E-state index contributed by atoms with van der Waals surface area (Å²) in [4.78, 5) is 26.3. The highest BCUT2D eigenvalue weighted by Gasteiger charge is 2.34. The van der Waals surface area contributed by atoms with Crippen molar-refractivity contribution < 1.29 is 18.7 Å². The second-order valence-corrected chi connectivity index (χ2v) is 6.07. The summed E-state index contributed by atoms with van der Waals surface area (Å²) in [5.74, 6) is -1.20. The first-order valence-corrected chi connectivity index (χ1v) is 8.31. The number of carbonyl (C=O) groups excluding carboxylic acids is 2. The zero-order chi connectivity index (χ0) is 18.5. The van der Waals surface area contributed by atoms with Crippen LogP contribution < -0.4 is 11.1 Å². The van der Waals surface area contributed by atoms with Gasteiger partial charge in [-0.3, -0.25) is 14.5 Å². The Morgan fingerprint density at radius 1 is 1.15 bits per heavy atom. The molecule has 0 bridgehead atoms. The van der Waals surface area contributed by atoms with Crippen molar-refractivity contribution in [3.05, 3.63) is 66.0 Å². The molecule has 136 valence electrons. The molecule has 0 spiro atoms. The predicted octanol–water partition coefficient (Wildman–Crippen LogP) is 1.69. The molecule has 3 rings (SSSR count). The summed E-state index contributed by atoms with van der Waals surface area (Å²) in [7, 11) is 0. The lowest BCUT2D eigenvalue weighted by molar-refractivity contribution is -0.139. The van der Waals surface area contributed by atoms with Gasteiger partial charge in [-0.15, -0.1) is 0 Å². The topological polar surface area (TPSA) is 84.7 Å². The Balaban J connectivity index is 1.84. The molecule has 1 aliphatic heterocycles. The highest BCUT2D eigenvalue weighted by Crippen LogP contribution is 2.25. The number of nitrogens with zero attached hydrogens (tertiary/aromatic N) is 1. The van der Waals surface area contributed by atoms with Gasteiger partial charge in [-0.25, -0.2) is 4.39 Å². The molecule has 0 radical (unpaired) electrons. The molecule has 2 aromatic rings. The average Bonchev–Trinajstić information content (AvgIpc) is 2.65. The maximum atomic E-state index is 13.1. The van der Waals surface area contributed by atoms with Crippen molar-refractivity contribution in [1.82, 2.24) is 4.90 Å². The first-order chi connectivity index (χ1) is 12.5. The van der Waals surface area contributed by atoms with Crippen LogP contribution in [0.15, 0.2) is 54.6 Å². The summed E-state index contributed by atoms with van der Waals surface area (Å²) >= 11 is 0. The van der Waals surface area contributed by atoms with Gasteiger partial charge in [0, 0.05) is 18.8 Å². The highest BCUT2D eigenvalue weighted by atomic mass is 19.1. The molecular formula is C19H20FN3O3. The van der Waals surface area contributed by atoms with Gasteiger partial charge < -0.3 is 15.8 Å². The number of ether oxygens (including phenoxy) is 1. The van der Waals surface area contributed by atoms with Gasteiger partial charge in [-0.1, -0.05) is 30.3 Å². The number of primary amides is 1. The van der Waals surface area contributed by atoms with Crippen molar-refractivity contribution in [3.63, 3.8) is 0 Å². The molecule has 7 heteroatoms. The average molecular weight is 357 g/mol. The lowest BCUT2D eigenvalue weighted by Crippen LogP contribution is -2.51. The highest BCUT2D eigenvalue weighted by molar-refractivity contribution is 5.95. The van der Waals surface area contributed by atoms with Crippen LogP contribution in [0.1, 0.15) is 11.6 Å². The van der Waals surface area contributed by atoms with Gasteiger partial charge >= 0.3 is 0 Å². The smallest absolute Gasteiger partial charge is 0.247 e. The van der Waals surface area contributed by atoms with Gasteiger partial charge in [0.15, 0.2) is 0 Å². The van der Waals surface area contributed by atoms with E-state index in [0.717, 1.165) is 5.56 Å². The van der Waals surface area contributed by atoms with Crippen LogP contribution in [0.3, 0.4) is 0 Å². The van der Waals surface area contributed by atoms with E-state index in [9.17, 15) is 14.0 Å². The van der Waals surface area contributed by atoms with Gasteiger partial charge in [-0.2, -0.15) is 0 Å². The molecule has 0 saturated carbocycles. The number of amides is 2. The quantitative estimate of drug-likeness (QED) is 0.853. The number of nitrogens with one attached hydrogen (secondary N) is 1.